The molecule has 3 N–H and O–H groups in total. The summed E-state index contributed by atoms with van der Waals surface area (Å²) in [5, 5.41) is 5.99. The molecule has 1 aromatic carbocycles. The Labute approximate surface area is 87.3 Å². The Balaban J connectivity index is 0.000000187. The van der Waals surface area contributed by atoms with Gasteiger partial charge < -0.3 is 5.73 Å². The topological polar surface area (TPSA) is 84.7 Å². The number of benzene rings is 1. The molecule has 0 bridgehead atoms. The summed E-state index contributed by atoms with van der Waals surface area (Å²) in [5.41, 5.74) is 5.95. The van der Waals surface area contributed by atoms with Crippen molar-refractivity contribution in [3.8, 4) is 0 Å². The Morgan fingerprint density at radius 2 is 2.07 bits per heavy atom. The lowest BCUT2D eigenvalue weighted by Gasteiger charge is -1.93. The van der Waals surface area contributed by atoms with Crippen LogP contribution in [-0.4, -0.2) is 21.1 Å². The lowest BCUT2D eigenvalue weighted by atomic mass is 10.1. The number of aromatic nitrogens is 3. The molecule has 0 fully saturated rings. The fourth-order valence-electron chi connectivity index (χ4n) is 0.964. The van der Waals surface area contributed by atoms with Gasteiger partial charge in [0.25, 0.3) is 0 Å². The van der Waals surface area contributed by atoms with E-state index in [0.717, 1.165) is 5.56 Å². The van der Waals surface area contributed by atoms with Gasteiger partial charge in [0.2, 0.25) is 5.91 Å². The second-order valence-electron chi connectivity index (χ2n) is 2.78. The summed E-state index contributed by atoms with van der Waals surface area (Å²) in [6, 6.07) is 9.44. The molecule has 0 aliphatic carbocycles. The van der Waals surface area contributed by atoms with E-state index >= 15 is 0 Å². The van der Waals surface area contributed by atoms with Crippen LogP contribution in [-0.2, 0) is 11.2 Å². The molecule has 2 rings (SSSR count). The monoisotopic (exact) mass is 204 g/mol. The number of nitrogens with one attached hydrogen (secondary N) is 1. The van der Waals surface area contributed by atoms with Gasteiger partial charge in [-0.2, -0.15) is 5.10 Å². The maximum Gasteiger partial charge on any atom is 0.221 e. The number of rotatable bonds is 2. The zero-order valence-corrected chi connectivity index (χ0v) is 8.13. The summed E-state index contributed by atoms with van der Waals surface area (Å²) >= 11 is 0. The van der Waals surface area contributed by atoms with Gasteiger partial charge in [-0.3, -0.25) is 9.89 Å². The zero-order valence-electron chi connectivity index (χ0n) is 8.13. The van der Waals surface area contributed by atoms with Gasteiger partial charge in [0.1, 0.15) is 12.7 Å². The smallest absolute Gasteiger partial charge is 0.221 e. The van der Waals surface area contributed by atoms with Gasteiger partial charge in [-0.05, 0) is 5.56 Å². The molecule has 5 heteroatoms. The van der Waals surface area contributed by atoms with Crippen LogP contribution in [0.3, 0.4) is 0 Å². The molecular weight excluding hydrogens is 192 g/mol. The highest BCUT2D eigenvalue weighted by atomic mass is 16.1. The number of hydrogen-bond donors (Lipinski definition) is 2. The largest absolute Gasteiger partial charge is 0.369 e. The van der Waals surface area contributed by atoms with Crippen molar-refractivity contribution in [2.75, 3.05) is 0 Å². The fraction of sp³-hybridized carbons (Fsp3) is 0.100. The van der Waals surface area contributed by atoms with Crippen LogP contribution in [0.25, 0.3) is 0 Å². The quantitative estimate of drug-likeness (QED) is 0.747. The average molecular weight is 204 g/mol. The first-order valence-corrected chi connectivity index (χ1v) is 4.40. The molecule has 0 aliphatic heterocycles. The molecule has 1 aromatic heterocycles. The van der Waals surface area contributed by atoms with Crippen molar-refractivity contribution in [2.24, 2.45) is 5.73 Å². The van der Waals surface area contributed by atoms with Gasteiger partial charge in [0.05, 0.1) is 6.42 Å². The van der Waals surface area contributed by atoms with Crippen molar-refractivity contribution < 1.29 is 4.79 Å². The van der Waals surface area contributed by atoms with E-state index in [2.05, 4.69) is 15.2 Å². The number of carbonyl (C=O) groups excluding carboxylic acids is 1. The summed E-state index contributed by atoms with van der Waals surface area (Å²) < 4.78 is 0. The summed E-state index contributed by atoms with van der Waals surface area (Å²) in [6.07, 6.45) is 3.29. The minimum Gasteiger partial charge on any atom is -0.369 e. The van der Waals surface area contributed by atoms with E-state index in [9.17, 15) is 4.79 Å². The highest BCUT2D eigenvalue weighted by molar-refractivity contribution is 5.76. The molecule has 1 amide bonds. The molecule has 2 aromatic rings. The number of primary amides is 1. The second kappa shape index (κ2) is 6.31. The zero-order chi connectivity index (χ0) is 10.9. The molecular formula is C10H12N4O. The summed E-state index contributed by atoms with van der Waals surface area (Å²) in [5.74, 6) is -0.286. The van der Waals surface area contributed by atoms with Gasteiger partial charge in [-0.1, -0.05) is 30.3 Å². The van der Waals surface area contributed by atoms with Crippen molar-refractivity contribution in [3.63, 3.8) is 0 Å². The van der Waals surface area contributed by atoms with Crippen LogP contribution in [0.1, 0.15) is 5.56 Å². The standard InChI is InChI=1S/C8H9NO.C2H3N3/c9-8(10)6-7-4-2-1-3-5-7;1-3-2-5-4-1/h1-5H,6H2,(H2,9,10);1-2H,(H,3,4,5). The molecule has 5 nitrogen and oxygen atoms in total. The predicted octanol–water partition coefficient (Wildman–Crippen LogP) is 0.519. The molecule has 0 saturated carbocycles. The highest BCUT2D eigenvalue weighted by Crippen LogP contribution is 1.97. The first kappa shape index (κ1) is 10.9. The lowest BCUT2D eigenvalue weighted by Crippen LogP contribution is -2.13. The number of carbonyl (C=O) groups is 1. The number of nitrogens with two attached hydrogens (primary N) is 1. The summed E-state index contributed by atoms with van der Waals surface area (Å²) in [7, 11) is 0. The minimum absolute atomic E-state index is 0.286. The van der Waals surface area contributed by atoms with Crippen LogP contribution in [0, 0.1) is 0 Å². The third-order valence-electron chi connectivity index (χ3n) is 1.55. The molecule has 0 unspecified atom stereocenters. The van der Waals surface area contributed by atoms with Crippen LogP contribution in [0.5, 0.6) is 0 Å². The van der Waals surface area contributed by atoms with Crippen molar-refractivity contribution in [1.82, 2.24) is 15.2 Å². The molecule has 0 saturated heterocycles. The number of H-pyrrole nitrogens is 1. The van der Waals surface area contributed by atoms with E-state index in [1.807, 2.05) is 30.3 Å². The van der Waals surface area contributed by atoms with E-state index < -0.39 is 0 Å². The van der Waals surface area contributed by atoms with Crippen LogP contribution < -0.4 is 5.73 Å². The van der Waals surface area contributed by atoms with Gasteiger partial charge in [-0.25, -0.2) is 4.98 Å². The van der Waals surface area contributed by atoms with Crippen molar-refractivity contribution in [3.05, 3.63) is 48.5 Å². The Morgan fingerprint density at radius 3 is 2.47 bits per heavy atom. The summed E-state index contributed by atoms with van der Waals surface area (Å²) in [6.45, 7) is 0. The normalized spacial score (nSPS) is 8.80. The molecule has 0 spiro atoms. The average Bonchev–Trinajstić information content (AvgIpc) is 2.76. The van der Waals surface area contributed by atoms with Crippen molar-refractivity contribution in [2.45, 2.75) is 6.42 Å². The van der Waals surface area contributed by atoms with Crippen molar-refractivity contribution in [1.29, 1.82) is 0 Å². The third-order valence-corrected chi connectivity index (χ3v) is 1.55. The van der Waals surface area contributed by atoms with Crippen molar-refractivity contribution >= 4 is 5.91 Å². The van der Waals surface area contributed by atoms with E-state index in [4.69, 9.17) is 5.73 Å². The third kappa shape index (κ3) is 5.20. The first-order valence-electron chi connectivity index (χ1n) is 4.40. The van der Waals surface area contributed by atoms with E-state index in [-0.39, 0.29) is 5.91 Å². The Morgan fingerprint density at radius 1 is 1.33 bits per heavy atom. The number of amides is 1. The Kier molecular flexibility index (Phi) is 4.59. The minimum atomic E-state index is -0.286. The molecule has 0 atom stereocenters. The number of hydrogen-bond acceptors (Lipinski definition) is 3. The van der Waals surface area contributed by atoms with Crippen LogP contribution >= 0.6 is 0 Å². The highest BCUT2D eigenvalue weighted by Gasteiger charge is 1.94. The van der Waals surface area contributed by atoms with Gasteiger partial charge in [0.15, 0.2) is 0 Å². The van der Waals surface area contributed by atoms with Crippen LogP contribution in [0.2, 0.25) is 0 Å². The molecule has 1 heterocycles. The Hall–Kier alpha value is -2.17. The molecule has 0 radical (unpaired) electrons. The molecule has 0 aliphatic rings. The van der Waals surface area contributed by atoms with Crippen LogP contribution in [0.15, 0.2) is 43.0 Å². The van der Waals surface area contributed by atoms with Gasteiger partial charge in [-0.15, -0.1) is 0 Å². The van der Waals surface area contributed by atoms with E-state index in [1.54, 1.807) is 0 Å². The number of aromatic amines is 1. The first-order chi connectivity index (χ1) is 7.29. The van der Waals surface area contributed by atoms with Gasteiger partial charge >= 0.3 is 0 Å². The van der Waals surface area contributed by atoms with E-state index in [0.29, 0.717) is 6.42 Å². The fourth-order valence-corrected chi connectivity index (χ4v) is 0.964. The maximum absolute atomic E-state index is 10.4. The maximum atomic E-state index is 10.4. The van der Waals surface area contributed by atoms with E-state index in [1.165, 1.54) is 12.7 Å². The lowest BCUT2D eigenvalue weighted by molar-refractivity contribution is -0.117. The SMILES string of the molecule is NC(=O)Cc1ccccc1.c1nc[nH]n1. The molecule has 15 heavy (non-hydrogen) atoms. The van der Waals surface area contributed by atoms with Crippen LogP contribution in [0.4, 0.5) is 0 Å². The van der Waals surface area contributed by atoms with Gasteiger partial charge in [0, 0.05) is 0 Å². The number of nitrogens with zero attached hydrogens (tertiary/aromatic N) is 2. The predicted molar refractivity (Wildman–Crippen MR) is 55.7 cm³/mol. The molecule has 78 valence electrons. The Bertz CT molecular complexity index is 354. The second-order valence-corrected chi connectivity index (χ2v) is 2.78. The summed E-state index contributed by atoms with van der Waals surface area (Å²) in [4.78, 5) is 13.9.